The molecule has 0 N–H and O–H groups in total. The Labute approximate surface area is 88.5 Å². The van der Waals surface area contributed by atoms with Crippen LogP contribution < -0.4 is 4.90 Å². The molecule has 0 radical (unpaired) electrons. The highest BCUT2D eigenvalue weighted by atomic mass is 32.1. The molecule has 0 aromatic carbocycles. The summed E-state index contributed by atoms with van der Waals surface area (Å²) in [4.78, 5) is 17.5. The van der Waals surface area contributed by atoms with Crippen LogP contribution in [0.5, 0.6) is 0 Å². The van der Waals surface area contributed by atoms with Crippen molar-refractivity contribution in [3.8, 4) is 0 Å². The summed E-state index contributed by atoms with van der Waals surface area (Å²) in [6.07, 6.45) is 2.30. The zero-order chi connectivity index (χ0) is 9.97. The number of hydrogen-bond acceptors (Lipinski definition) is 3. The lowest BCUT2D eigenvalue weighted by Gasteiger charge is -2.14. The molecular weight excluding hydrogens is 196 g/mol. The molecule has 1 atom stereocenters. The van der Waals surface area contributed by atoms with Crippen molar-refractivity contribution < 1.29 is 4.79 Å². The molecule has 2 rings (SSSR count). The van der Waals surface area contributed by atoms with Crippen LogP contribution in [0.25, 0.3) is 0 Å². The maximum atomic E-state index is 11.6. The van der Waals surface area contributed by atoms with Gasteiger partial charge in [-0.05, 0) is 23.8 Å². The Kier molecular flexibility index (Phi) is 2.72. The minimum atomic E-state index is 0.155. The van der Waals surface area contributed by atoms with E-state index in [9.17, 15) is 4.79 Å². The van der Waals surface area contributed by atoms with Crippen LogP contribution in [0.2, 0.25) is 0 Å². The first-order chi connectivity index (χ1) is 6.81. The Morgan fingerprint density at radius 1 is 1.57 bits per heavy atom. The van der Waals surface area contributed by atoms with Crippen LogP contribution >= 0.6 is 12.6 Å². The number of aromatic nitrogens is 1. The van der Waals surface area contributed by atoms with Crippen molar-refractivity contribution in [3.63, 3.8) is 0 Å². The topological polar surface area (TPSA) is 33.2 Å². The molecule has 1 aromatic rings. The van der Waals surface area contributed by atoms with E-state index in [0.717, 1.165) is 18.1 Å². The van der Waals surface area contributed by atoms with Crippen molar-refractivity contribution in [2.24, 2.45) is 5.92 Å². The van der Waals surface area contributed by atoms with Gasteiger partial charge < -0.3 is 0 Å². The maximum absolute atomic E-state index is 11.6. The van der Waals surface area contributed by atoms with Gasteiger partial charge in [-0.25, -0.2) is 4.98 Å². The third-order valence-electron chi connectivity index (χ3n) is 2.39. The molecule has 0 spiro atoms. The first-order valence-corrected chi connectivity index (χ1v) is 5.27. The number of carbonyl (C=O) groups is 1. The molecule has 14 heavy (non-hydrogen) atoms. The lowest BCUT2D eigenvalue weighted by atomic mass is 10.1. The van der Waals surface area contributed by atoms with E-state index >= 15 is 0 Å². The van der Waals surface area contributed by atoms with E-state index in [-0.39, 0.29) is 5.91 Å². The Hall–Kier alpha value is -1.03. The van der Waals surface area contributed by atoms with E-state index in [1.54, 1.807) is 11.1 Å². The number of amides is 1. The highest BCUT2D eigenvalue weighted by Gasteiger charge is 2.29. The molecule has 4 heteroatoms. The van der Waals surface area contributed by atoms with Crippen LogP contribution in [0, 0.1) is 5.92 Å². The SMILES string of the molecule is O=C1CC(CS)CN1c1ccccn1. The van der Waals surface area contributed by atoms with Crippen LogP contribution in [0.15, 0.2) is 24.4 Å². The summed E-state index contributed by atoms with van der Waals surface area (Å²) in [6.45, 7) is 0.749. The van der Waals surface area contributed by atoms with Gasteiger partial charge in [0.05, 0.1) is 0 Å². The summed E-state index contributed by atoms with van der Waals surface area (Å²) in [7, 11) is 0. The predicted molar refractivity (Wildman–Crippen MR) is 58.6 cm³/mol. The van der Waals surface area contributed by atoms with E-state index in [1.807, 2.05) is 18.2 Å². The molecule has 2 heterocycles. The lowest BCUT2D eigenvalue weighted by molar-refractivity contribution is -0.117. The van der Waals surface area contributed by atoms with E-state index in [2.05, 4.69) is 17.6 Å². The van der Waals surface area contributed by atoms with Crippen LogP contribution in [0.1, 0.15) is 6.42 Å². The fourth-order valence-corrected chi connectivity index (χ4v) is 1.88. The van der Waals surface area contributed by atoms with Gasteiger partial charge in [-0.1, -0.05) is 6.07 Å². The zero-order valence-corrected chi connectivity index (χ0v) is 8.65. The van der Waals surface area contributed by atoms with Crippen molar-refractivity contribution in [2.45, 2.75) is 6.42 Å². The summed E-state index contributed by atoms with van der Waals surface area (Å²) in [6, 6.07) is 5.60. The third-order valence-corrected chi connectivity index (χ3v) is 2.91. The van der Waals surface area contributed by atoms with Gasteiger partial charge in [0.25, 0.3) is 0 Å². The minimum Gasteiger partial charge on any atom is -0.297 e. The molecule has 0 aliphatic carbocycles. The number of pyridine rings is 1. The van der Waals surface area contributed by atoms with E-state index in [0.29, 0.717) is 12.3 Å². The Bertz CT molecular complexity index is 328. The average Bonchev–Trinajstić information content (AvgIpc) is 2.61. The van der Waals surface area contributed by atoms with Crippen molar-refractivity contribution in [1.82, 2.24) is 4.98 Å². The van der Waals surface area contributed by atoms with E-state index < -0.39 is 0 Å². The van der Waals surface area contributed by atoms with Gasteiger partial charge in [-0.15, -0.1) is 0 Å². The second kappa shape index (κ2) is 4.00. The normalized spacial score (nSPS) is 21.6. The van der Waals surface area contributed by atoms with Gasteiger partial charge >= 0.3 is 0 Å². The molecule has 74 valence electrons. The van der Waals surface area contributed by atoms with Crippen molar-refractivity contribution in [2.75, 3.05) is 17.2 Å². The highest BCUT2D eigenvalue weighted by Crippen LogP contribution is 2.23. The molecule has 0 bridgehead atoms. The summed E-state index contributed by atoms with van der Waals surface area (Å²) in [5.41, 5.74) is 0. The monoisotopic (exact) mass is 208 g/mol. The maximum Gasteiger partial charge on any atom is 0.228 e. The fourth-order valence-electron chi connectivity index (χ4n) is 1.64. The van der Waals surface area contributed by atoms with Crippen LogP contribution in [0.4, 0.5) is 5.82 Å². The molecule has 1 amide bonds. The van der Waals surface area contributed by atoms with Crippen molar-refractivity contribution in [3.05, 3.63) is 24.4 Å². The number of thiol groups is 1. The minimum absolute atomic E-state index is 0.155. The second-order valence-electron chi connectivity index (χ2n) is 3.45. The van der Waals surface area contributed by atoms with Crippen molar-refractivity contribution in [1.29, 1.82) is 0 Å². The molecule has 0 saturated carbocycles. The quantitative estimate of drug-likeness (QED) is 0.745. The Balaban J connectivity index is 2.17. The first kappa shape index (κ1) is 9.52. The number of hydrogen-bond donors (Lipinski definition) is 1. The van der Waals surface area contributed by atoms with E-state index in [1.165, 1.54) is 0 Å². The summed E-state index contributed by atoms with van der Waals surface area (Å²) >= 11 is 4.21. The summed E-state index contributed by atoms with van der Waals surface area (Å²) in [5.74, 6) is 2.03. The Morgan fingerprint density at radius 2 is 2.43 bits per heavy atom. The lowest BCUT2D eigenvalue weighted by Crippen LogP contribution is -2.25. The fraction of sp³-hybridized carbons (Fsp3) is 0.400. The number of nitrogens with zero attached hydrogens (tertiary/aromatic N) is 2. The molecule has 1 aliphatic rings. The number of carbonyl (C=O) groups excluding carboxylic acids is 1. The van der Waals surface area contributed by atoms with Gasteiger partial charge in [-0.2, -0.15) is 12.6 Å². The number of anilines is 1. The molecule has 1 unspecified atom stereocenters. The molecule has 1 fully saturated rings. The molecule has 1 aliphatic heterocycles. The predicted octanol–water partition coefficient (Wildman–Crippen LogP) is 1.36. The Morgan fingerprint density at radius 3 is 3.00 bits per heavy atom. The average molecular weight is 208 g/mol. The molecule has 1 saturated heterocycles. The van der Waals surface area contributed by atoms with Gasteiger partial charge in [-0.3, -0.25) is 9.69 Å². The standard InChI is InChI=1S/C10H12N2OS/c13-10-5-8(7-14)6-12(10)9-3-1-2-4-11-9/h1-4,8,14H,5-7H2. The van der Waals surface area contributed by atoms with Gasteiger partial charge in [0, 0.05) is 19.2 Å². The number of rotatable bonds is 2. The first-order valence-electron chi connectivity index (χ1n) is 4.63. The highest BCUT2D eigenvalue weighted by molar-refractivity contribution is 7.80. The van der Waals surface area contributed by atoms with Gasteiger partial charge in [0.2, 0.25) is 5.91 Å². The van der Waals surface area contributed by atoms with E-state index in [4.69, 9.17) is 0 Å². The second-order valence-corrected chi connectivity index (χ2v) is 3.81. The molecule has 1 aromatic heterocycles. The van der Waals surface area contributed by atoms with Gasteiger partial charge in [0.1, 0.15) is 5.82 Å². The zero-order valence-electron chi connectivity index (χ0n) is 7.76. The van der Waals surface area contributed by atoms with Gasteiger partial charge in [0.15, 0.2) is 0 Å². The summed E-state index contributed by atoms with van der Waals surface area (Å²) in [5, 5.41) is 0. The third kappa shape index (κ3) is 1.75. The molecule has 3 nitrogen and oxygen atoms in total. The van der Waals surface area contributed by atoms with Crippen LogP contribution in [-0.4, -0.2) is 23.2 Å². The smallest absolute Gasteiger partial charge is 0.228 e. The molecular formula is C10H12N2OS. The van der Waals surface area contributed by atoms with Crippen LogP contribution in [-0.2, 0) is 4.79 Å². The van der Waals surface area contributed by atoms with Crippen molar-refractivity contribution >= 4 is 24.4 Å². The van der Waals surface area contributed by atoms with Crippen LogP contribution in [0.3, 0.4) is 0 Å². The summed E-state index contributed by atoms with van der Waals surface area (Å²) < 4.78 is 0. The largest absolute Gasteiger partial charge is 0.297 e.